The molecule has 1 aliphatic rings. The molecule has 1 atom stereocenters. The number of para-hydroxylation sites is 1. The van der Waals surface area contributed by atoms with Crippen LogP contribution in [0.15, 0.2) is 66.7 Å². The summed E-state index contributed by atoms with van der Waals surface area (Å²) in [6.07, 6.45) is 1.78. The van der Waals surface area contributed by atoms with Crippen LogP contribution in [0.3, 0.4) is 0 Å². The minimum atomic E-state index is -0.478. The molecule has 3 aromatic rings. The highest BCUT2D eigenvalue weighted by Crippen LogP contribution is 2.33. The molecule has 0 fully saturated rings. The molecule has 0 saturated heterocycles. The summed E-state index contributed by atoms with van der Waals surface area (Å²) in [6.45, 7) is 3.12. The number of nitrogens with zero attached hydrogens (tertiary/aromatic N) is 1. The minimum absolute atomic E-state index is 0.00552. The van der Waals surface area contributed by atoms with Gasteiger partial charge >= 0.3 is 5.97 Å². The lowest BCUT2D eigenvalue weighted by Gasteiger charge is -2.25. The van der Waals surface area contributed by atoms with Crippen molar-refractivity contribution in [2.24, 2.45) is 0 Å². The normalized spacial score (nSPS) is 14.9. The first-order valence-corrected chi connectivity index (χ1v) is 11.4. The Morgan fingerprint density at radius 1 is 1.06 bits per heavy atom. The lowest BCUT2D eigenvalue weighted by atomic mass is 9.81. The second-order valence-electron chi connectivity index (χ2n) is 7.98. The van der Waals surface area contributed by atoms with E-state index in [9.17, 15) is 9.59 Å². The maximum absolute atomic E-state index is 12.9. The summed E-state index contributed by atoms with van der Waals surface area (Å²) >= 11 is 0. The number of anilines is 1. The molecule has 1 aliphatic carbocycles. The Bertz CT molecular complexity index is 1100. The van der Waals surface area contributed by atoms with Crippen molar-refractivity contribution in [3.05, 3.63) is 89.1 Å². The SMILES string of the molecule is CCOC(=O)c1cc2c(nc1NCCCOc1ccccc1)CC(c1ccccc1)CC2=O. The summed E-state index contributed by atoms with van der Waals surface area (Å²) in [5.41, 5.74) is 2.66. The molecule has 0 spiro atoms. The molecule has 33 heavy (non-hydrogen) atoms. The number of ketones is 1. The minimum Gasteiger partial charge on any atom is -0.494 e. The van der Waals surface area contributed by atoms with Gasteiger partial charge in [0.1, 0.15) is 17.1 Å². The van der Waals surface area contributed by atoms with Crippen molar-refractivity contribution in [3.63, 3.8) is 0 Å². The summed E-state index contributed by atoms with van der Waals surface area (Å²) in [5.74, 6) is 0.884. The number of ether oxygens (including phenoxy) is 2. The number of hydrogen-bond acceptors (Lipinski definition) is 6. The predicted molar refractivity (Wildman–Crippen MR) is 127 cm³/mol. The van der Waals surface area contributed by atoms with Gasteiger partial charge in [0, 0.05) is 18.5 Å². The van der Waals surface area contributed by atoms with Gasteiger partial charge in [-0.05, 0) is 49.4 Å². The van der Waals surface area contributed by atoms with Crippen LogP contribution in [0.25, 0.3) is 0 Å². The van der Waals surface area contributed by atoms with Crippen molar-refractivity contribution in [1.82, 2.24) is 4.98 Å². The molecule has 2 aromatic carbocycles. The predicted octanol–water partition coefficient (Wildman–Crippen LogP) is 5.05. The molecule has 0 radical (unpaired) electrons. The van der Waals surface area contributed by atoms with Crippen LogP contribution in [0.2, 0.25) is 0 Å². The average molecular weight is 445 g/mol. The molecule has 1 N–H and O–H groups in total. The highest BCUT2D eigenvalue weighted by atomic mass is 16.5. The fourth-order valence-corrected chi connectivity index (χ4v) is 4.03. The molecule has 170 valence electrons. The molecule has 6 nitrogen and oxygen atoms in total. The van der Waals surface area contributed by atoms with Gasteiger partial charge in [-0.2, -0.15) is 0 Å². The third-order valence-corrected chi connectivity index (χ3v) is 5.67. The molecule has 6 heteroatoms. The van der Waals surface area contributed by atoms with Gasteiger partial charge < -0.3 is 14.8 Å². The number of carbonyl (C=O) groups is 2. The zero-order valence-electron chi connectivity index (χ0n) is 18.8. The summed E-state index contributed by atoms with van der Waals surface area (Å²) in [4.78, 5) is 30.2. The van der Waals surface area contributed by atoms with E-state index >= 15 is 0 Å². The molecule has 0 bridgehead atoms. The molecule has 1 heterocycles. The molecule has 1 unspecified atom stereocenters. The van der Waals surface area contributed by atoms with Crippen LogP contribution in [0.4, 0.5) is 5.82 Å². The van der Waals surface area contributed by atoms with Crippen molar-refractivity contribution in [2.45, 2.75) is 32.1 Å². The van der Waals surface area contributed by atoms with Gasteiger partial charge in [-0.3, -0.25) is 4.79 Å². The Hall–Kier alpha value is -3.67. The molecular formula is C27H28N2O4. The third kappa shape index (κ3) is 5.58. The maximum Gasteiger partial charge on any atom is 0.341 e. The molecule has 0 saturated carbocycles. The van der Waals surface area contributed by atoms with Gasteiger partial charge in [0.15, 0.2) is 5.78 Å². The summed E-state index contributed by atoms with van der Waals surface area (Å²) in [5, 5.41) is 3.26. The number of rotatable bonds is 9. The van der Waals surface area contributed by atoms with E-state index in [1.165, 1.54) is 0 Å². The Kier molecular flexibility index (Phi) is 7.35. The highest BCUT2D eigenvalue weighted by molar-refractivity contribution is 6.03. The second kappa shape index (κ2) is 10.8. The number of esters is 1. The van der Waals surface area contributed by atoms with Crippen LogP contribution < -0.4 is 10.1 Å². The standard InChI is InChI=1S/C27H28N2O4/c1-2-32-27(31)23-18-22-24(16-20(17-25(22)30)19-10-5-3-6-11-19)29-26(23)28-14-9-15-33-21-12-7-4-8-13-21/h3-8,10-13,18,20H,2,9,14-17H2,1H3,(H,28,29). The van der Waals surface area contributed by atoms with Crippen LogP contribution in [0.5, 0.6) is 5.75 Å². The third-order valence-electron chi connectivity index (χ3n) is 5.67. The zero-order chi connectivity index (χ0) is 23.0. The van der Waals surface area contributed by atoms with Crippen LogP contribution in [-0.2, 0) is 11.2 Å². The van der Waals surface area contributed by atoms with Crippen LogP contribution in [0.1, 0.15) is 57.7 Å². The van der Waals surface area contributed by atoms with Crippen LogP contribution >= 0.6 is 0 Å². The van der Waals surface area contributed by atoms with Gasteiger partial charge in [-0.15, -0.1) is 0 Å². The van der Waals surface area contributed by atoms with Gasteiger partial charge in [-0.25, -0.2) is 9.78 Å². The number of aromatic nitrogens is 1. The topological polar surface area (TPSA) is 77.5 Å². The van der Waals surface area contributed by atoms with E-state index in [2.05, 4.69) is 5.32 Å². The second-order valence-corrected chi connectivity index (χ2v) is 7.98. The molecule has 0 amide bonds. The Morgan fingerprint density at radius 2 is 1.79 bits per heavy atom. The quantitative estimate of drug-likeness (QED) is 0.368. The smallest absolute Gasteiger partial charge is 0.341 e. The van der Waals surface area contributed by atoms with Crippen LogP contribution in [-0.4, -0.2) is 36.5 Å². The van der Waals surface area contributed by atoms with Gasteiger partial charge in [0.2, 0.25) is 0 Å². The first-order valence-electron chi connectivity index (χ1n) is 11.4. The number of nitrogens with one attached hydrogen (secondary N) is 1. The Labute approximate surface area is 194 Å². The van der Waals surface area contributed by atoms with Crippen molar-refractivity contribution in [3.8, 4) is 5.75 Å². The molecule has 1 aromatic heterocycles. The van der Waals surface area contributed by atoms with E-state index in [-0.39, 0.29) is 18.3 Å². The monoisotopic (exact) mass is 444 g/mol. The van der Waals surface area contributed by atoms with Gasteiger partial charge in [0.05, 0.1) is 18.9 Å². The lowest BCUT2D eigenvalue weighted by molar-refractivity contribution is 0.0527. The Morgan fingerprint density at radius 3 is 2.52 bits per heavy atom. The summed E-state index contributed by atoms with van der Waals surface area (Å²) < 4.78 is 10.9. The summed E-state index contributed by atoms with van der Waals surface area (Å²) in [6, 6.07) is 21.3. The first kappa shape index (κ1) is 22.5. The number of fused-ring (bicyclic) bond motifs is 1. The van der Waals surface area contributed by atoms with E-state index in [4.69, 9.17) is 14.5 Å². The number of hydrogen-bond donors (Lipinski definition) is 1. The molecule has 0 aliphatic heterocycles. The van der Waals surface area contributed by atoms with Gasteiger partial charge in [0.25, 0.3) is 0 Å². The number of benzene rings is 2. The van der Waals surface area contributed by atoms with Crippen molar-refractivity contribution >= 4 is 17.6 Å². The fraction of sp³-hybridized carbons (Fsp3) is 0.296. The number of pyridine rings is 1. The number of carbonyl (C=O) groups excluding carboxylic acids is 2. The van der Waals surface area contributed by atoms with Crippen molar-refractivity contribution < 1.29 is 19.1 Å². The summed E-state index contributed by atoms with van der Waals surface area (Å²) in [7, 11) is 0. The zero-order valence-corrected chi connectivity index (χ0v) is 18.8. The van der Waals surface area contributed by atoms with E-state index < -0.39 is 5.97 Å². The van der Waals surface area contributed by atoms with E-state index in [1.807, 2.05) is 60.7 Å². The average Bonchev–Trinajstić information content (AvgIpc) is 2.84. The van der Waals surface area contributed by atoms with Crippen molar-refractivity contribution in [2.75, 3.05) is 25.1 Å². The fourth-order valence-electron chi connectivity index (χ4n) is 4.03. The highest BCUT2D eigenvalue weighted by Gasteiger charge is 2.30. The first-order chi connectivity index (χ1) is 16.2. The maximum atomic E-state index is 12.9. The van der Waals surface area contributed by atoms with Crippen molar-refractivity contribution in [1.29, 1.82) is 0 Å². The van der Waals surface area contributed by atoms with E-state index in [0.29, 0.717) is 42.9 Å². The molecular weight excluding hydrogens is 416 g/mol. The van der Waals surface area contributed by atoms with Gasteiger partial charge in [-0.1, -0.05) is 48.5 Å². The van der Waals surface area contributed by atoms with Crippen LogP contribution in [0, 0.1) is 0 Å². The lowest BCUT2D eigenvalue weighted by Crippen LogP contribution is -2.23. The van der Waals surface area contributed by atoms with E-state index in [0.717, 1.165) is 23.4 Å². The van der Waals surface area contributed by atoms with E-state index in [1.54, 1.807) is 13.0 Å². The number of Topliss-reactive ketones (excluding diaryl/α,β-unsaturated/α-hetero) is 1. The Balaban J connectivity index is 1.50. The largest absolute Gasteiger partial charge is 0.494 e. The molecule has 4 rings (SSSR count).